The summed E-state index contributed by atoms with van der Waals surface area (Å²) in [5.74, 6) is 2.13. The van der Waals surface area contributed by atoms with Crippen LogP contribution >= 0.6 is 0 Å². The van der Waals surface area contributed by atoms with Crippen molar-refractivity contribution in [1.29, 1.82) is 0 Å². The van der Waals surface area contributed by atoms with Gasteiger partial charge in [0.25, 0.3) is 0 Å². The summed E-state index contributed by atoms with van der Waals surface area (Å²) in [6.45, 7) is 8.17. The number of fused-ring (bicyclic) bond motifs is 5. The molecule has 136 valence electrons. The van der Waals surface area contributed by atoms with E-state index in [1.54, 1.807) is 0 Å². The predicted molar refractivity (Wildman–Crippen MR) is 96.8 cm³/mol. The molecule has 0 spiro atoms. The van der Waals surface area contributed by atoms with Crippen molar-refractivity contribution in [2.24, 2.45) is 28.6 Å². The molecule has 6 atom stereocenters. The Balaban J connectivity index is 1.57. The highest BCUT2D eigenvalue weighted by Gasteiger charge is 2.58. The Labute approximate surface area is 150 Å². The van der Waals surface area contributed by atoms with Crippen molar-refractivity contribution in [2.45, 2.75) is 71.3 Å². The van der Waals surface area contributed by atoms with E-state index in [0.717, 1.165) is 44.9 Å². The van der Waals surface area contributed by atoms with E-state index in [4.69, 9.17) is 4.74 Å². The van der Waals surface area contributed by atoms with Crippen molar-refractivity contribution < 1.29 is 14.3 Å². The minimum absolute atomic E-state index is 0.00305. The van der Waals surface area contributed by atoms with Gasteiger partial charge in [-0.05, 0) is 61.7 Å². The van der Waals surface area contributed by atoms with E-state index < -0.39 is 0 Å². The van der Waals surface area contributed by atoms with E-state index in [1.807, 2.05) is 0 Å². The van der Waals surface area contributed by atoms with Gasteiger partial charge in [-0.1, -0.05) is 32.1 Å². The molecule has 0 saturated heterocycles. The van der Waals surface area contributed by atoms with Crippen LogP contribution in [0.25, 0.3) is 0 Å². The van der Waals surface area contributed by atoms with E-state index in [-0.39, 0.29) is 22.9 Å². The molecule has 4 aliphatic carbocycles. The Bertz CT molecular complexity index is 648. The molecule has 0 aromatic rings. The van der Waals surface area contributed by atoms with E-state index in [0.29, 0.717) is 23.5 Å². The molecule has 0 aromatic heterocycles. The van der Waals surface area contributed by atoms with Crippen LogP contribution in [0.3, 0.4) is 0 Å². The standard InChI is InChI=1S/C22H30O3/c1-4-20(24)25-15-9-11-21(2)14(13-15)5-6-16-17-7-8-19(23)22(17,3)12-10-18(16)21/h4-5,15-18H,1,6-13H2,2-3H3/t15-,16-,17-,18-,21-,22-/m0/s1. The zero-order valence-corrected chi connectivity index (χ0v) is 15.6. The molecule has 0 unspecified atom stereocenters. The highest BCUT2D eigenvalue weighted by Crippen LogP contribution is 2.64. The quantitative estimate of drug-likeness (QED) is 0.418. The lowest BCUT2D eigenvalue weighted by Crippen LogP contribution is -2.50. The summed E-state index contributed by atoms with van der Waals surface area (Å²) in [4.78, 5) is 24.0. The summed E-state index contributed by atoms with van der Waals surface area (Å²) in [6, 6.07) is 0. The molecule has 0 bridgehead atoms. The van der Waals surface area contributed by atoms with Gasteiger partial charge in [0, 0.05) is 24.3 Å². The molecule has 3 fully saturated rings. The van der Waals surface area contributed by atoms with Crippen LogP contribution in [-0.2, 0) is 14.3 Å². The second-order valence-electron chi connectivity index (χ2n) is 9.18. The Morgan fingerprint density at radius 3 is 2.68 bits per heavy atom. The van der Waals surface area contributed by atoms with Gasteiger partial charge < -0.3 is 4.74 Å². The molecule has 0 heterocycles. The molecule has 25 heavy (non-hydrogen) atoms. The highest BCUT2D eigenvalue weighted by atomic mass is 16.5. The summed E-state index contributed by atoms with van der Waals surface area (Å²) < 4.78 is 5.53. The molecule has 0 aliphatic heterocycles. The first-order valence-corrected chi connectivity index (χ1v) is 9.94. The number of ether oxygens (including phenoxy) is 1. The first-order valence-electron chi connectivity index (χ1n) is 9.94. The molecular weight excluding hydrogens is 312 g/mol. The number of allylic oxidation sites excluding steroid dienone is 1. The third-order valence-electron chi connectivity index (χ3n) is 8.22. The topological polar surface area (TPSA) is 43.4 Å². The average Bonchev–Trinajstić information content (AvgIpc) is 2.90. The lowest BCUT2D eigenvalue weighted by Gasteiger charge is -2.56. The molecule has 4 rings (SSSR count). The second-order valence-corrected chi connectivity index (χ2v) is 9.18. The number of carbonyl (C=O) groups is 2. The van der Waals surface area contributed by atoms with Crippen LogP contribution in [0, 0.1) is 28.6 Å². The van der Waals surface area contributed by atoms with Crippen molar-refractivity contribution in [3.8, 4) is 0 Å². The van der Waals surface area contributed by atoms with Gasteiger partial charge in [0.15, 0.2) is 0 Å². The molecule has 3 saturated carbocycles. The van der Waals surface area contributed by atoms with Gasteiger partial charge in [-0.15, -0.1) is 0 Å². The SMILES string of the molecule is C=CC(=O)O[C@H]1CC[C@@]2(C)C(=CC[C@@H]3[C@@H]2CC[C@]2(C)C(=O)CC[C@@H]32)C1. The van der Waals surface area contributed by atoms with Crippen LogP contribution in [0.1, 0.15) is 65.2 Å². The minimum Gasteiger partial charge on any atom is -0.459 e. The fraction of sp³-hybridized carbons (Fsp3) is 0.727. The lowest BCUT2D eigenvalue weighted by atomic mass is 9.48. The summed E-state index contributed by atoms with van der Waals surface area (Å²) in [5, 5.41) is 0. The number of ketones is 1. The van der Waals surface area contributed by atoms with Crippen molar-refractivity contribution in [2.75, 3.05) is 0 Å². The molecule has 3 heteroatoms. The lowest BCUT2D eigenvalue weighted by molar-refractivity contribution is -0.145. The molecule has 0 radical (unpaired) electrons. The van der Waals surface area contributed by atoms with Crippen molar-refractivity contribution in [3.05, 3.63) is 24.3 Å². The maximum absolute atomic E-state index is 12.5. The van der Waals surface area contributed by atoms with Crippen LogP contribution in [-0.4, -0.2) is 17.9 Å². The van der Waals surface area contributed by atoms with Crippen molar-refractivity contribution in [3.63, 3.8) is 0 Å². The van der Waals surface area contributed by atoms with Crippen molar-refractivity contribution in [1.82, 2.24) is 0 Å². The molecule has 3 nitrogen and oxygen atoms in total. The van der Waals surface area contributed by atoms with Gasteiger partial charge in [-0.2, -0.15) is 0 Å². The fourth-order valence-corrected chi connectivity index (χ4v) is 6.71. The van der Waals surface area contributed by atoms with Gasteiger partial charge in [0.2, 0.25) is 0 Å². The Morgan fingerprint density at radius 2 is 1.92 bits per heavy atom. The third-order valence-corrected chi connectivity index (χ3v) is 8.22. The molecular formula is C22H30O3. The van der Waals surface area contributed by atoms with Gasteiger partial charge in [0.1, 0.15) is 11.9 Å². The van der Waals surface area contributed by atoms with Gasteiger partial charge >= 0.3 is 5.97 Å². The first kappa shape index (κ1) is 17.1. The predicted octanol–water partition coefficient (Wildman–Crippen LogP) is 4.62. The largest absolute Gasteiger partial charge is 0.459 e. The monoisotopic (exact) mass is 342 g/mol. The first-order chi connectivity index (χ1) is 11.9. The average molecular weight is 342 g/mol. The number of hydrogen-bond acceptors (Lipinski definition) is 3. The number of carbonyl (C=O) groups excluding carboxylic acids is 2. The maximum atomic E-state index is 12.5. The van der Waals surface area contributed by atoms with Crippen molar-refractivity contribution >= 4 is 11.8 Å². The summed E-state index contributed by atoms with van der Waals surface area (Å²) in [7, 11) is 0. The van der Waals surface area contributed by atoms with Crippen LogP contribution < -0.4 is 0 Å². The number of esters is 1. The van der Waals surface area contributed by atoms with E-state index in [9.17, 15) is 9.59 Å². The van der Waals surface area contributed by atoms with Gasteiger partial charge in [0.05, 0.1) is 0 Å². The summed E-state index contributed by atoms with van der Waals surface area (Å²) in [5.41, 5.74) is 1.67. The molecule has 0 aromatic carbocycles. The number of Topliss-reactive ketones (excluding diaryl/α,β-unsaturated/α-hetero) is 1. The zero-order chi connectivity index (χ0) is 17.8. The third kappa shape index (κ3) is 2.45. The minimum atomic E-state index is -0.305. The summed E-state index contributed by atoms with van der Waals surface area (Å²) in [6.07, 6.45) is 11.8. The van der Waals surface area contributed by atoms with Crippen LogP contribution in [0.5, 0.6) is 0 Å². The molecule has 0 N–H and O–H groups in total. The van der Waals surface area contributed by atoms with Gasteiger partial charge in [-0.3, -0.25) is 4.79 Å². The molecule has 0 amide bonds. The van der Waals surface area contributed by atoms with E-state index >= 15 is 0 Å². The Hall–Kier alpha value is -1.38. The van der Waals surface area contributed by atoms with Crippen LogP contribution in [0.15, 0.2) is 24.3 Å². The van der Waals surface area contributed by atoms with Gasteiger partial charge in [-0.25, -0.2) is 4.79 Å². The highest BCUT2D eigenvalue weighted by molar-refractivity contribution is 5.87. The maximum Gasteiger partial charge on any atom is 0.330 e. The molecule has 4 aliphatic rings. The smallest absolute Gasteiger partial charge is 0.330 e. The zero-order valence-electron chi connectivity index (χ0n) is 15.6. The summed E-state index contributed by atoms with van der Waals surface area (Å²) >= 11 is 0. The normalized spacial score (nSPS) is 45.7. The fourth-order valence-electron chi connectivity index (χ4n) is 6.71. The van der Waals surface area contributed by atoms with E-state index in [2.05, 4.69) is 26.5 Å². The number of rotatable bonds is 2. The van der Waals surface area contributed by atoms with Crippen LogP contribution in [0.2, 0.25) is 0 Å². The Kier molecular flexibility index (Phi) is 3.97. The van der Waals surface area contributed by atoms with Crippen LogP contribution in [0.4, 0.5) is 0 Å². The van der Waals surface area contributed by atoms with E-state index in [1.165, 1.54) is 18.1 Å². The second kappa shape index (κ2) is 5.82. The Morgan fingerprint density at radius 1 is 1.20 bits per heavy atom. The number of hydrogen-bond donors (Lipinski definition) is 0.